The summed E-state index contributed by atoms with van der Waals surface area (Å²) in [7, 11) is 0. The largest absolute Gasteiger partial charge is 0.483 e. The van der Waals surface area contributed by atoms with Gasteiger partial charge in [0.25, 0.3) is 11.5 Å². The van der Waals surface area contributed by atoms with Crippen molar-refractivity contribution < 1.29 is 9.53 Å². The molecule has 0 unspecified atom stereocenters. The molecule has 8 heteroatoms. The number of nitrogens with zero attached hydrogens (tertiary/aromatic N) is 4. The molecule has 8 nitrogen and oxygen atoms in total. The van der Waals surface area contributed by atoms with E-state index in [0.717, 1.165) is 10.2 Å². The molecule has 1 amide bonds. The average molecular weight is 355 g/mol. The monoisotopic (exact) mass is 355 g/mol. The van der Waals surface area contributed by atoms with Crippen LogP contribution in [0.5, 0.6) is 5.75 Å². The molecule has 2 aromatic heterocycles. The van der Waals surface area contributed by atoms with Gasteiger partial charge in [0, 0.05) is 0 Å². The molecule has 0 fully saturated rings. The number of hydrogen-bond acceptors (Lipinski definition) is 5. The van der Waals surface area contributed by atoms with Gasteiger partial charge in [-0.3, -0.25) is 15.0 Å². The van der Waals surface area contributed by atoms with Crippen LogP contribution in [0.25, 0.3) is 11.0 Å². The number of aromatic nitrogens is 4. The Labute approximate surface area is 150 Å². The average Bonchev–Trinajstić information content (AvgIpc) is 3.02. The molecule has 3 aromatic rings. The fraction of sp³-hybridized carbons (Fsp3) is 0.333. The van der Waals surface area contributed by atoms with E-state index in [0.29, 0.717) is 16.8 Å². The lowest BCUT2D eigenvalue weighted by Crippen LogP contribution is -2.36. The highest BCUT2D eigenvalue weighted by Gasteiger charge is 2.20. The van der Waals surface area contributed by atoms with Gasteiger partial charge in [-0.05, 0) is 39.3 Å². The predicted molar refractivity (Wildman–Crippen MR) is 97.8 cm³/mol. The van der Waals surface area contributed by atoms with Gasteiger partial charge in [-0.15, -0.1) is 0 Å². The van der Waals surface area contributed by atoms with E-state index in [4.69, 9.17) is 4.74 Å². The summed E-state index contributed by atoms with van der Waals surface area (Å²) >= 11 is 0. The molecule has 1 N–H and O–H groups in total. The van der Waals surface area contributed by atoms with Gasteiger partial charge in [0.15, 0.2) is 12.3 Å². The molecule has 0 bridgehead atoms. The highest BCUT2D eigenvalue weighted by Crippen LogP contribution is 2.17. The van der Waals surface area contributed by atoms with Gasteiger partial charge in [0.2, 0.25) is 0 Å². The molecule has 3 rings (SSSR count). The third kappa shape index (κ3) is 3.44. The highest BCUT2D eigenvalue weighted by atomic mass is 16.5. The van der Waals surface area contributed by atoms with E-state index < -0.39 is 11.5 Å². The fourth-order valence-electron chi connectivity index (χ4n) is 2.51. The van der Waals surface area contributed by atoms with Gasteiger partial charge < -0.3 is 4.74 Å². The van der Waals surface area contributed by atoms with Crippen molar-refractivity contribution in [3.8, 4) is 5.75 Å². The van der Waals surface area contributed by atoms with Crippen molar-refractivity contribution >= 4 is 16.9 Å². The molecule has 1 aromatic carbocycles. The van der Waals surface area contributed by atoms with Gasteiger partial charge in [-0.2, -0.15) is 5.10 Å². The minimum Gasteiger partial charge on any atom is -0.483 e. The Morgan fingerprint density at radius 1 is 1.27 bits per heavy atom. The maximum Gasteiger partial charge on any atom is 0.283 e. The van der Waals surface area contributed by atoms with Crippen LogP contribution >= 0.6 is 0 Å². The van der Waals surface area contributed by atoms with Gasteiger partial charge in [0.05, 0.1) is 11.7 Å². The highest BCUT2D eigenvalue weighted by molar-refractivity contribution is 5.85. The van der Waals surface area contributed by atoms with Gasteiger partial charge in [-0.1, -0.05) is 18.2 Å². The van der Waals surface area contributed by atoms with Crippen molar-refractivity contribution in [1.29, 1.82) is 0 Å². The maximum absolute atomic E-state index is 12.5. The Balaban J connectivity index is 1.77. The lowest BCUT2D eigenvalue weighted by molar-refractivity contribution is -0.119. The van der Waals surface area contributed by atoms with Crippen LogP contribution in [0.4, 0.5) is 0 Å². The molecule has 2 heterocycles. The van der Waals surface area contributed by atoms with Gasteiger partial charge in [0.1, 0.15) is 17.5 Å². The first-order valence-electron chi connectivity index (χ1n) is 8.21. The molecule has 0 spiro atoms. The van der Waals surface area contributed by atoms with Crippen molar-refractivity contribution in [2.24, 2.45) is 0 Å². The van der Waals surface area contributed by atoms with Crippen LogP contribution in [0.3, 0.4) is 0 Å². The number of carbonyl (C=O) groups is 1. The number of benzene rings is 1. The van der Waals surface area contributed by atoms with Crippen LogP contribution in [0.2, 0.25) is 0 Å². The Morgan fingerprint density at radius 3 is 2.69 bits per heavy atom. The van der Waals surface area contributed by atoms with E-state index in [2.05, 4.69) is 15.5 Å². The Bertz CT molecular complexity index is 1010. The minimum absolute atomic E-state index is 0.212. The Hall–Kier alpha value is -3.16. The lowest BCUT2D eigenvalue weighted by Gasteiger charge is -2.19. The fourth-order valence-corrected chi connectivity index (χ4v) is 2.51. The smallest absolute Gasteiger partial charge is 0.283 e. The molecule has 0 atom stereocenters. The zero-order valence-corrected chi connectivity index (χ0v) is 15.2. The lowest BCUT2D eigenvalue weighted by atomic mass is 10.1. The number of amides is 1. The molecule has 0 radical (unpaired) electrons. The van der Waals surface area contributed by atoms with Crippen LogP contribution in [-0.4, -0.2) is 32.0 Å². The first-order valence-corrected chi connectivity index (χ1v) is 8.21. The Morgan fingerprint density at radius 2 is 2.00 bits per heavy atom. The van der Waals surface area contributed by atoms with Crippen molar-refractivity contribution in [3.05, 3.63) is 52.7 Å². The first kappa shape index (κ1) is 17.7. The summed E-state index contributed by atoms with van der Waals surface area (Å²) < 4.78 is 8.20. The minimum atomic E-state index is -0.459. The summed E-state index contributed by atoms with van der Waals surface area (Å²) in [5, 5.41) is 4.57. The van der Waals surface area contributed by atoms with E-state index >= 15 is 0 Å². The summed E-state index contributed by atoms with van der Waals surface area (Å²) in [6, 6.07) is 7.39. The predicted octanol–water partition coefficient (Wildman–Crippen LogP) is 1.81. The normalized spacial score (nSPS) is 11.5. The summed E-state index contributed by atoms with van der Waals surface area (Å²) in [6.07, 6.45) is 2.74. The second kappa shape index (κ2) is 6.62. The van der Waals surface area contributed by atoms with Crippen LogP contribution in [0.15, 0.2) is 41.6 Å². The number of fused-ring (bicyclic) bond motifs is 1. The van der Waals surface area contributed by atoms with E-state index in [1.807, 2.05) is 45.9 Å². The number of para-hydroxylation sites is 1. The third-order valence-corrected chi connectivity index (χ3v) is 3.82. The van der Waals surface area contributed by atoms with Crippen molar-refractivity contribution in [1.82, 2.24) is 19.4 Å². The summed E-state index contributed by atoms with van der Waals surface area (Å²) in [6.45, 7) is 7.59. The zero-order valence-electron chi connectivity index (χ0n) is 15.2. The quantitative estimate of drug-likeness (QED) is 0.771. The van der Waals surface area contributed by atoms with Gasteiger partial charge >= 0.3 is 0 Å². The van der Waals surface area contributed by atoms with Crippen molar-refractivity contribution in [3.63, 3.8) is 0 Å². The molecular formula is C18H21N5O3. The van der Waals surface area contributed by atoms with Crippen LogP contribution in [0.1, 0.15) is 26.3 Å². The van der Waals surface area contributed by atoms with E-state index in [1.54, 1.807) is 10.7 Å². The number of rotatable bonds is 4. The molecule has 136 valence electrons. The Kier molecular flexibility index (Phi) is 4.50. The van der Waals surface area contributed by atoms with Crippen LogP contribution in [0, 0.1) is 6.92 Å². The maximum atomic E-state index is 12.5. The molecule has 0 aliphatic heterocycles. The van der Waals surface area contributed by atoms with E-state index in [1.165, 1.54) is 12.5 Å². The SMILES string of the molecule is Cc1ccccc1OCC(=O)Nn1cnc2c(cnn2C(C)(C)C)c1=O. The first-order chi connectivity index (χ1) is 12.3. The molecule has 0 aliphatic carbocycles. The zero-order chi connectivity index (χ0) is 18.9. The third-order valence-electron chi connectivity index (χ3n) is 3.82. The molecule has 0 saturated heterocycles. The number of ether oxygens (including phenoxy) is 1. The standard InChI is InChI=1S/C18H21N5O3/c1-12-7-5-6-8-14(12)26-10-15(24)21-22-11-19-16-13(17(22)25)9-20-23(16)18(2,3)4/h5-9,11H,10H2,1-4H3,(H,21,24). The number of aryl methyl sites for hydroxylation is 1. The molecule has 0 saturated carbocycles. The molecule has 0 aliphatic rings. The summed E-state index contributed by atoms with van der Waals surface area (Å²) in [5.41, 5.74) is 3.18. The topological polar surface area (TPSA) is 91.0 Å². The van der Waals surface area contributed by atoms with Gasteiger partial charge in [-0.25, -0.2) is 14.3 Å². The van der Waals surface area contributed by atoms with Crippen LogP contribution < -0.4 is 15.7 Å². The van der Waals surface area contributed by atoms with Crippen LogP contribution in [-0.2, 0) is 10.3 Å². The van der Waals surface area contributed by atoms with E-state index in [-0.39, 0.29) is 12.1 Å². The summed E-state index contributed by atoms with van der Waals surface area (Å²) in [5.74, 6) is 0.162. The van der Waals surface area contributed by atoms with E-state index in [9.17, 15) is 9.59 Å². The number of nitrogens with one attached hydrogen (secondary N) is 1. The summed E-state index contributed by atoms with van der Waals surface area (Å²) in [4.78, 5) is 28.9. The second-order valence-corrected chi connectivity index (χ2v) is 6.97. The number of hydrogen-bond donors (Lipinski definition) is 1. The van der Waals surface area contributed by atoms with Crippen molar-refractivity contribution in [2.45, 2.75) is 33.2 Å². The second-order valence-electron chi connectivity index (χ2n) is 6.97. The molecule has 26 heavy (non-hydrogen) atoms. The van der Waals surface area contributed by atoms with Crippen molar-refractivity contribution in [2.75, 3.05) is 12.0 Å². The number of carbonyl (C=O) groups excluding carboxylic acids is 1. The molecular weight excluding hydrogens is 334 g/mol.